The largest absolute Gasteiger partial charge is 0.389 e. The predicted octanol–water partition coefficient (Wildman–Crippen LogP) is 3.27. The second-order valence-corrected chi connectivity index (χ2v) is 3.36. The Balaban J connectivity index is 4.65. The van der Waals surface area contributed by atoms with Gasteiger partial charge in [-0.25, -0.2) is 0 Å². The van der Waals surface area contributed by atoms with Gasteiger partial charge in [0.05, 0.1) is 0 Å². The minimum absolute atomic E-state index is 0.551. The van der Waals surface area contributed by atoms with E-state index < -0.39 is 0 Å². The van der Waals surface area contributed by atoms with Gasteiger partial charge in [-0.2, -0.15) is 0 Å². The summed E-state index contributed by atoms with van der Waals surface area (Å²) in [6.07, 6.45) is 5.91. The fourth-order valence-electron chi connectivity index (χ4n) is 1.29. The summed E-state index contributed by atoms with van der Waals surface area (Å²) in [5.41, 5.74) is 2.61. The molecule has 0 radical (unpaired) electrons. The van der Waals surface area contributed by atoms with Gasteiger partial charge in [0.25, 0.3) is 0 Å². The van der Waals surface area contributed by atoms with Crippen molar-refractivity contribution in [3.05, 3.63) is 36.1 Å². The van der Waals surface area contributed by atoms with Crippen molar-refractivity contribution < 1.29 is 0 Å². The van der Waals surface area contributed by atoms with Crippen LogP contribution in [0.1, 0.15) is 27.7 Å². The summed E-state index contributed by atoms with van der Waals surface area (Å²) < 4.78 is 0. The first-order valence-corrected chi connectivity index (χ1v) is 4.87. The molecule has 0 saturated heterocycles. The molecule has 0 fully saturated rings. The molecule has 0 bridgehead atoms. The molecule has 0 spiro atoms. The molecule has 0 aromatic rings. The Morgan fingerprint density at radius 1 is 1.46 bits per heavy atom. The molecule has 1 N–H and O–H groups in total. The van der Waals surface area contributed by atoms with Crippen LogP contribution in [0.25, 0.3) is 0 Å². The van der Waals surface area contributed by atoms with Crippen molar-refractivity contribution in [2.24, 2.45) is 5.92 Å². The van der Waals surface area contributed by atoms with Crippen LogP contribution in [-0.4, -0.2) is 6.54 Å². The molecule has 0 atom stereocenters. The summed E-state index contributed by atoms with van der Waals surface area (Å²) in [5.74, 6) is 0.551. The van der Waals surface area contributed by atoms with Crippen molar-refractivity contribution in [2.75, 3.05) is 6.54 Å². The average Bonchev–Trinajstić information content (AvgIpc) is 2.05. The number of hydrogen-bond donors (Lipinski definition) is 1. The van der Waals surface area contributed by atoms with E-state index in [0.717, 1.165) is 6.54 Å². The second kappa shape index (κ2) is 6.53. The van der Waals surface area contributed by atoms with E-state index in [-0.39, 0.29) is 0 Å². The molecular formula is C12H21N. The van der Waals surface area contributed by atoms with E-state index in [4.69, 9.17) is 0 Å². The molecule has 0 aromatic carbocycles. The summed E-state index contributed by atoms with van der Waals surface area (Å²) in [5, 5.41) is 3.33. The van der Waals surface area contributed by atoms with Gasteiger partial charge in [0.2, 0.25) is 0 Å². The van der Waals surface area contributed by atoms with Gasteiger partial charge in [0.15, 0.2) is 0 Å². The Bertz CT molecular complexity index is 209. The fourth-order valence-corrected chi connectivity index (χ4v) is 1.29. The molecule has 1 heteroatoms. The van der Waals surface area contributed by atoms with Crippen LogP contribution in [0.5, 0.6) is 0 Å². The molecule has 0 saturated carbocycles. The Kier molecular flexibility index (Phi) is 6.03. The third-order valence-electron chi connectivity index (χ3n) is 1.91. The van der Waals surface area contributed by atoms with Crippen LogP contribution in [0.15, 0.2) is 36.1 Å². The number of hydrogen-bond acceptors (Lipinski definition) is 1. The standard InChI is InChI=1S/C12H21N/c1-6-8-9-12(10(3)4)11(5)13-7-2/h6,8-10,13H,1,7H2,2-5H3/b9-8-,12-11-. The number of nitrogens with one attached hydrogen (secondary N) is 1. The summed E-state index contributed by atoms with van der Waals surface area (Å²) in [4.78, 5) is 0. The minimum Gasteiger partial charge on any atom is -0.389 e. The van der Waals surface area contributed by atoms with Gasteiger partial charge in [-0.3, -0.25) is 0 Å². The lowest BCUT2D eigenvalue weighted by Gasteiger charge is -2.12. The first kappa shape index (κ1) is 12.0. The molecule has 0 aromatic heterocycles. The quantitative estimate of drug-likeness (QED) is 0.639. The van der Waals surface area contributed by atoms with Crippen molar-refractivity contribution in [1.29, 1.82) is 0 Å². The van der Waals surface area contributed by atoms with Crippen LogP contribution in [0, 0.1) is 5.92 Å². The molecule has 0 aliphatic carbocycles. The first-order valence-electron chi connectivity index (χ1n) is 4.87. The highest BCUT2D eigenvalue weighted by molar-refractivity contribution is 5.27. The van der Waals surface area contributed by atoms with Crippen molar-refractivity contribution in [2.45, 2.75) is 27.7 Å². The zero-order valence-electron chi connectivity index (χ0n) is 9.22. The number of allylic oxidation sites excluding steroid dienone is 5. The molecule has 74 valence electrons. The Hall–Kier alpha value is -0.980. The second-order valence-electron chi connectivity index (χ2n) is 3.36. The molecule has 0 unspecified atom stereocenters. The van der Waals surface area contributed by atoms with Crippen LogP contribution >= 0.6 is 0 Å². The highest BCUT2D eigenvalue weighted by atomic mass is 14.9. The van der Waals surface area contributed by atoms with Gasteiger partial charge in [0.1, 0.15) is 0 Å². The van der Waals surface area contributed by atoms with E-state index >= 15 is 0 Å². The zero-order valence-corrected chi connectivity index (χ0v) is 9.22. The van der Waals surface area contributed by atoms with E-state index in [1.54, 1.807) is 0 Å². The Morgan fingerprint density at radius 3 is 2.46 bits per heavy atom. The first-order chi connectivity index (χ1) is 6.13. The third kappa shape index (κ3) is 4.56. The molecule has 0 heterocycles. The summed E-state index contributed by atoms with van der Waals surface area (Å²) in [7, 11) is 0. The smallest absolute Gasteiger partial charge is 0.0115 e. The summed E-state index contributed by atoms with van der Waals surface area (Å²) >= 11 is 0. The maximum absolute atomic E-state index is 3.67. The molecular weight excluding hydrogens is 158 g/mol. The maximum Gasteiger partial charge on any atom is 0.0115 e. The highest BCUT2D eigenvalue weighted by Crippen LogP contribution is 2.14. The topological polar surface area (TPSA) is 12.0 Å². The average molecular weight is 179 g/mol. The van der Waals surface area contributed by atoms with Crippen LogP contribution in [0.4, 0.5) is 0 Å². The van der Waals surface area contributed by atoms with E-state index in [2.05, 4.69) is 45.7 Å². The SMILES string of the molecule is C=C/C=C\C(=C(/C)NCC)C(C)C. The number of rotatable bonds is 5. The normalized spacial score (nSPS) is 13.3. The lowest BCUT2D eigenvalue weighted by atomic mass is 10.0. The van der Waals surface area contributed by atoms with Gasteiger partial charge < -0.3 is 5.32 Å². The van der Waals surface area contributed by atoms with Gasteiger partial charge in [-0.15, -0.1) is 0 Å². The van der Waals surface area contributed by atoms with Gasteiger partial charge in [0, 0.05) is 12.2 Å². The maximum atomic E-state index is 3.67. The lowest BCUT2D eigenvalue weighted by molar-refractivity contribution is 0.742. The summed E-state index contributed by atoms with van der Waals surface area (Å²) in [6, 6.07) is 0. The van der Waals surface area contributed by atoms with E-state index in [9.17, 15) is 0 Å². The molecule has 13 heavy (non-hydrogen) atoms. The molecule has 1 nitrogen and oxygen atoms in total. The molecule has 0 amide bonds. The van der Waals surface area contributed by atoms with Crippen LogP contribution < -0.4 is 5.32 Å². The van der Waals surface area contributed by atoms with Gasteiger partial charge >= 0.3 is 0 Å². The predicted molar refractivity (Wildman–Crippen MR) is 60.6 cm³/mol. The molecule has 0 aliphatic heterocycles. The Labute approximate surface area is 82.2 Å². The van der Waals surface area contributed by atoms with Crippen molar-refractivity contribution in [1.82, 2.24) is 5.32 Å². The van der Waals surface area contributed by atoms with E-state index in [0.29, 0.717) is 5.92 Å². The minimum atomic E-state index is 0.551. The molecule has 0 aliphatic rings. The van der Waals surface area contributed by atoms with Crippen molar-refractivity contribution >= 4 is 0 Å². The fraction of sp³-hybridized carbons (Fsp3) is 0.500. The van der Waals surface area contributed by atoms with Crippen LogP contribution in [0.2, 0.25) is 0 Å². The molecule has 0 rings (SSSR count). The van der Waals surface area contributed by atoms with E-state index in [1.165, 1.54) is 11.3 Å². The van der Waals surface area contributed by atoms with E-state index in [1.807, 2.05) is 12.2 Å². The highest BCUT2D eigenvalue weighted by Gasteiger charge is 2.02. The summed E-state index contributed by atoms with van der Waals surface area (Å²) in [6.45, 7) is 13.3. The zero-order chi connectivity index (χ0) is 10.3. The van der Waals surface area contributed by atoms with Crippen molar-refractivity contribution in [3.8, 4) is 0 Å². The Morgan fingerprint density at radius 2 is 2.08 bits per heavy atom. The van der Waals surface area contributed by atoms with Gasteiger partial charge in [-0.1, -0.05) is 38.7 Å². The van der Waals surface area contributed by atoms with Crippen LogP contribution in [-0.2, 0) is 0 Å². The van der Waals surface area contributed by atoms with Crippen molar-refractivity contribution in [3.63, 3.8) is 0 Å². The third-order valence-corrected chi connectivity index (χ3v) is 1.91. The monoisotopic (exact) mass is 179 g/mol. The van der Waals surface area contributed by atoms with Gasteiger partial charge in [-0.05, 0) is 25.3 Å². The van der Waals surface area contributed by atoms with Crippen LogP contribution in [0.3, 0.4) is 0 Å². The lowest BCUT2D eigenvalue weighted by Crippen LogP contribution is -2.13.